The summed E-state index contributed by atoms with van der Waals surface area (Å²) in [4.78, 5) is 17.9. The average molecular weight is 467 g/mol. The molecule has 1 unspecified atom stereocenters. The lowest BCUT2D eigenvalue weighted by Crippen LogP contribution is -2.26. The Balaban J connectivity index is 1.86. The molecule has 0 fully saturated rings. The van der Waals surface area contributed by atoms with Crippen molar-refractivity contribution in [3.63, 3.8) is 0 Å². The van der Waals surface area contributed by atoms with Crippen molar-refractivity contribution in [3.8, 4) is 5.95 Å². The molecule has 0 aliphatic rings. The Labute approximate surface area is 182 Å². The zero-order chi connectivity index (χ0) is 24.0. The zero-order valence-corrected chi connectivity index (χ0v) is 17.1. The molecule has 172 valence electrons. The molecular weight excluding hydrogens is 452 g/mol. The van der Waals surface area contributed by atoms with Crippen LogP contribution in [-0.4, -0.2) is 36.8 Å². The first-order chi connectivity index (χ1) is 15.5. The second-order valence-corrected chi connectivity index (χ2v) is 7.11. The highest BCUT2D eigenvalue weighted by atomic mass is 19.4. The highest BCUT2D eigenvalue weighted by Crippen LogP contribution is 2.42. The molecule has 3 aromatic heterocycles. The second kappa shape index (κ2) is 7.98. The fraction of sp³-hybridized carbons (Fsp3) is 0.250. The number of fused-ring (bicyclic) bond motifs is 1. The molecule has 0 saturated heterocycles. The van der Waals surface area contributed by atoms with Gasteiger partial charge in [-0.2, -0.15) is 36.1 Å². The van der Waals surface area contributed by atoms with Crippen LogP contribution in [0.3, 0.4) is 0 Å². The topological polar surface area (TPSA) is 72.6 Å². The third kappa shape index (κ3) is 4.17. The molecule has 3 heterocycles. The van der Waals surface area contributed by atoms with Gasteiger partial charge in [-0.15, -0.1) is 0 Å². The van der Waals surface area contributed by atoms with Gasteiger partial charge in [0, 0.05) is 31.0 Å². The van der Waals surface area contributed by atoms with Gasteiger partial charge >= 0.3 is 12.4 Å². The summed E-state index contributed by atoms with van der Waals surface area (Å²) in [6, 6.07) is 2.76. The van der Waals surface area contributed by atoms with Crippen LogP contribution in [0.5, 0.6) is 0 Å². The molecule has 0 aliphatic carbocycles. The van der Waals surface area contributed by atoms with Crippen molar-refractivity contribution in [1.29, 1.82) is 0 Å². The van der Waals surface area contributed by atoms with E-state index in [0.29, 0.717) is 11.9 Å². The Morgan fingerprint density at radius 1 is 0.879 bits per heavy atom. The Morgan fingerprint density at radius 3 is 2.21 bits per heavy atom. The summed E-state index contributed by atoms with van der Waals surface area (Å²) in [6.45, 7) is 1.66. The van der Waals surface area contributed by atoms with Gasteiger partial charge < -0.3 is 4.90 Å². The Bertz CT molecular complexity index is 1280. The maximum atomic E-state index is 13.6. The van der Waals surface area contributed by atoms with Crippen LogP contribution >= 0.6 is 0 Å². The van der Waals surface area contributed by atoms with Crippen molar-refractivity contribution >= 4 is 16.6 Å². The highest BCUT2D eigenvalue weighted by Gasteiger charge is 2.38. The van der Waals surface area contributed by atoms with E-state index in [9.17, 15) is 26.3 Å². The summed E-state index contributed by atoms with van der Waals surface area (Å²) in [5.74, 6) is 0.431. The van der Waals surface area contributed by atoms with E-state index < -0.39 is 34.9 Å². The molecule has 1 aromatic carbocycles. The Kier molecular flexibility index (Phi) is 5.42. The number of hydrogen-bond acceptors (Lipinski definition) is 6. The summed E-state index contributed by atoms with van der Waals surface area (Å²) < 4.78 is 82.3. The van der Waals surface area contributed by atoms with E-state index in [-0.39, 0.29) is 23.2 Å². The van der Waals surface area contributed by atoms with E-state index in [1.165, 1.54) is 35.4 Å². The van der Waals surface area contributed by atoms with Crippen LogP contribution in [0.1, 0.15) is 29.9 Å². The first-order valence-electron chi connectivity index (χ1n) is 9.45. The standard InChI is InChI=1S/C20H15F6N7/c1-11(16-30-10-31-33(16)18-28-5-3-6-29-18)32(2)17-14-8-12(19(21,22)23)9-15(20(24,25)26)13(14)4-7-27-17/h3-11H,1-2H3. The van der Waals surface area contributed by atoms with Gasteiger partial charge in [0.15, 0.2) is 5.82 Å². The third-order valence-corrected chi connectivity index (χ3v) is 5.10. The van der Waals surface area contributed by atoms with Crippen LogP contribution < -0.4 is 4.90 Å². The molecule has 0 aliphatic heterocycles. The summed E-state index contributed by atoms with van der Waals surface area (Å²) in [5.41, 5.74) is -2.81. The molecule has 7 nitrogen and oxygen atoms in total. The van der Waals surface area contributed by atoms with Gasteiger partial charge in [-0.25, -0.2) is 19.9 Å². The molecule has 33 heavy (non-hydrogen) atoms. The van der Waals surface area contributed by atoms with Crippen LogP contribution in [0.25, 0.3) is 16.7 Å². The smallest absolute Gasteiger partial charge is 0.349 e. The maximum absolute atomic E-state index is 13.6. The number of alkyl halides is 6. The Hall–Kier alpha value is -3.77. The molecule has 4 rings (SSSR count). The van der Waals surface area contributed by atoms with Gasteiger partial charge in [-0.3, -0.25) is 0 Å². The number of nitrogens with zero attached hydrogens (tertiary/aromatic N) is 7. The van der Waals surface area contributed by atoms with Gasteiger partial charge in [0.25, 0.3) is 5.95 Å². The van der Waals surface area contributed by atoms with Crippen LogP contribution in [0.4, 0.5) is 32.2 Å². The number of aromatic nitrogens is 6. The molecule has 0 radical (unpaired) electrons. The maximum Gasteiger partial charge on any atom is 0.417 e. The fourth-order valence-corrected chi connectivity index (χ4v) is 3.40. The summed E-state index contributed by atoms with van der Waals surface area (Å²) in [6.07, 6.45) is -4.62. The van der Waals surface area contributed by atoms with Crippen molar-refractivity contribution in [3.05, 3.63) is 66.1 Å². The van der Waals surface area contributed by atoms with Gasteiger partial charge in [-0.05, 0) is 36.6 Å². The summed E-state index contributed by atoms with van der Waals surface area (Å²) >= 11 is 0. The SMILES string of the molecule is CC(c1ncnn1-c1ncccn1)N(C)c1nccc2c(C(F)(F)F)cc(C(F)(F)F)cc12. The number of anilines is 1. The van der Waals surface area contributed by atoms with Crippen LogP contribution in [0.2, 0.25) is 0 Å². The van der Waals surface area contributed by atoms with Gasteiger partial charge in [0.05, 0.1) is 17.2 Å². The largest absolute Gasteiger partial charge is 0.417 e. The Morgan fingerprint density at radius 2 is 1.58 bits per heavy atom. The highest BCUT2D eigenvalue weighted by molar-refractivity contribution is 5.95. The van der Waals surface area contributed by atoms with Gasteiger partial charge in [-0.1, -0.05) is 0 Å². The molecule has 0 amide bonds. The van der Waals surface area contributed by atoms with E-state index in [2.05, 4.69) is 25.0 Å². The molecule has 4 aromatic rings. The molecule has 1 atom stereocenters. The van der Waals surface area contributed by atoms with Crippen LogP contribution in [0.15, 0.2) is 49.2 Å². The fourth-order valence-electron chi connectivity index (χ4n) is 3.40. The number of halogens is 6. The number of pyridine rings is 1. The molecular formula is C20H15F6N7. The zero-order valence-electron chi connectivity index (χ0n) is 17.1. The molecule has 13 heteroatoms. The van der Waals surface area contributed by atoms with Crippen LogP contribution in [-0.2, 0) is 12.4 Å². The van der Waals surface area contributed by atoms with Crippen molar-refractivity contribution in [2.45, 2.75) is 25.3 Å². The number of hydrogen-bond donors (Lipinski definition) is 0. The molecule has 0 N–H and O–H groups in total. The normalized spacial score (nSPS) is 13.3. The van der Waals surface area contributed by atoms with Crippen molar-refractivity contribution in [2.24, 2.45) is 0 Å². The summed E-state index contributed by atoms with van der Waals surface area (Å²) in [7, 11) is 1.49. The monoisotopic (exact) mass is 467 g/mol. The van der Waals surface area contributed by atoms with Crippen LogP contribution in [0, 0.1) is 0 Å². The summed E-state index contributed by atoms with van der Waals surface area (Å²) in [5, 5.41) is 3.38. The first kappa shape index (κ1) is 22.4. The van der Waals surface area contributed by atoms with Crippen molar-refractivity contribution < 1.29 is 26.3 Å². The van der Waals surface area contributed by atoms with Crippen molar-refractivity contribution in [2.75, 3.05) is 11.9 Å². The minimum absolute atomic E-state index is 0.0832. The number of benzene rings is 1. The van der Waals surface area contributed by atoms with E-state index >= 15 is 0 Å². The number of rotatable bonds is 4. The second-order valence-electron chi connectivity index (χ2n) is 7.11. The minimum atomic E-state index is -4.99. The molecule has 0 bridgehead atoms. The molecule has 0 saturated carbocycles. The lowest BCUT2D eigenvalue weighted by molar-refractivity contribution is -0.142. The minimum Gasteiger partial charge on any atom is -0.349 e. The first-order valence-corrected chi connectivity index (χ1v) is 9.45. The lowest BCUT2D eigenvalue weighted by Gasteiger charge is -2.27. The van der Waals surface area contributed by atoms with E-state index in [4.69, 9.17) is 0 Å². The van der Waals surface area contributed by atoms with E-state index in [1.54, 1.807) is 13.0 Å². The predicted octanol–water partition coefficient (Wildman–Crippen LogP) is 4.84. The van der Waals surface area contributed by atoms with E-state index in [0.717, 1.165) is 12.3 Å². The van der Waals surface area contributed by atoms with Gasteiger partial charge in [0.2, 0.25) is 0 Å². The van der Waals surface area contributed by atoms with E-state index in [1.807, 2.05) is 0 Å². The molecule has 0 spiro atoms. The lowest BCUT2D eigenvalue weighted by atomic mass is 10.0. The average Bonchev–Trinajstić information content (AvgIpc) is 3.26. The van der Waals surface area contributed by atoms with Crippen molar-refractivity contribution in [1.82, 2.24) is 29.7 Å². The quantitative estimate of drug-likeness (QED) is 0.400. The third-order valence-electron chi connectivity index (χ3n) is 5.10. The van der Waals surface area contributed by atoms with Gasteiger partial charge in [0.1, 0.15) is 12.1 Å². The predicted molar refractivity (Wildman–Crippen MR) is 106 cm³/mol.